The SMILES string of the molecule is Cc1nc(NCCN2CCOCC2)cc(C(=O)NCCc2ccccc2)n1. The minimum absolute atomic E-state index is 0.173. The number of hydrogen-bond acceptors (Lipinski definition) is 6. The molecule has 0 saturated carbocycles. The van der Waals surface area contributed by atoms with Gasteiger partial charge in [0.15, 0.2) is 0 Å². The third-order valence-electron chi connectivity index (χ3n) is 4.45. The van der Waals surface area contributed by atoms with Gasteiger partial charge in [-0.25, -0.2) is 9.97 Å². The largest absolute Gasteiger partial charge is 0.379 e. The molecule has 0 spiro atoms. The molecule has 0 atom stereocenters. The molecule has 1 aliphatic rings. The molecule has 7 nitrogen and oxygen atoms in total. The van der Waals surface area contributed by atoms with Crippen LogP contribution in [0.4, 0.5) is 5.82 Å². The quantitative estimate of drug-likeness (QED) is 0.734. The first kappa shape index (κ1) is 19.3. The number of carbonyl (C=O) groups excluding carboxylic acids is 1. The predicted octanol–water partition coefficient (Wildman–Crippen LogP) is 1.50. The third-order valence-corrected chi connectivity index (χ3v) is 4.45. The summed E-state index contributed by atoms with van der Waals surface area (Å²) >= 11 is 0. The predicted molar refractivity (Wildman–Crippen MR) is 105 cm³/mol. The standard InChI is InChI=1S/C20H27N5O2/c1-16-23-18(20(26)22-8-7-17-5-3-2-4-6-17)15-19(24-16)21-9-10-25-11-13-27-14-12-25/h2-6,15H,7-14H2,1H3,(H,22,26)(H,21,23,24). The van der Waals surface area contributed by atoms with Gasteiger partial charge < -0.3 is 15.4 Å². The van der Waals surface area contributed by atoms with E-state index in [1.54, 1.807) is 13.0 Å². The maximum Gasteiger partial charge on any atom is 0.270 e. The van der Waals surface area contributed by atoms with E-state index in [9.17, 15) is 4.79 Å². The lowest BCUT2D eigenvalue weighted by atomic mass is 10.1. The van der Waals surface area contributed by atoms with Crippen LogP contribution in [0.3, 0.4) is 0 Å². The Balaban J connectivity index is 1.48. The van der Waals surface area contributed by atoms with Crippen molar-refractivity contribution in [2.75, 3.05) is 51.3 Å². The van der Waals surface area contributed by atoms with Gasteiger partial charge in [-0.15, -0.1) is 0 Å². The Morgan fingerprint density at radius 2 is 1.93 bits per heavy atom. The van der Waals surface area contributed by atoms with Gasteiger partial charge in [-0.3, -0.25) is 9.69 Å². The number of amides is 1. The molecule has 0 radical (unpaired) electrons. The number of aryl methyl sites for hydroxylation is 1. The maximum atomic E-state index is 12.4. The molecule has 1 fully saturated rings. The van der Waals surface area contributed by atoms with Crippen molar-refractivity contribution in [3.05, 3.63) is 53.5 Å². The fourth-order valence-electron chi connectivity index (χ4n) is 3.00. The first-order valence-corrected chi connectivity index (χ1v) is 9.42. The van der Waals surface area contributed by atoms with Gasteiger partial charge in [-0.05, 0) is 18.9 Å². The van der Waals surface area contributed by atoms with Gasteiger partial charge in [0.25, 0.3) is 5.91 Å². The normalized spacial score (nSPS) is 14.7. The number of benzene rings is 1. The van der Waals surface area contributed by atoms with Gasteiger partial charge in [0.05, 0.1) is 13.2 Å². The second kappa shape index (κ2) is 9.99. The molecule has 0 unspecified atom stereocenters. The molecule has 0 aliphatic carbocycles. The van der Waals surface area contributed by atoms with E-state index in [0.29, 0.717) is 23.9 Å². The van der Waals surface area contributed by atoms with E-state index in [0.717, 1.165) is 45.8 Å². The molecule has 3 rings (SSSR count). The van der Waals surface area contributed by atoms with Crippen LogP contribution in [0.25, 0.3) is 0 Å². The Morgan fingerprint density at radius 1 is 1.15 bits per heavy atom. The summed E-state index contributed by atoms with van der Waals surface area (Å²) in [4.78, 5) is 23.4. The minimum atomic E-state index is -0.173. The van der Waals surface area contributed by atoms with Crippen LogP contribution in [0.1, 0.15) is 21.9 Å². The van der Waals surface area contributed by atoms with Crippen molar-refractivity contribution in [3.63, 3.8) is 0 Å². The Bertz CT molecular complexity index is 732. The lowest BCUT2D eigenvalue weighted by Gasteiger charge is -2.26. The molecule has 1 amide bonds. The summed E-state index contributed by atoms with van der Waals surface area (Å²) in [7, 11) is 0. The van der Waals surface area contributed by atoms with Crippen molar-refractivity contribution in [1.82, 2.24) is 20.2 Å². The Labute approximate surface area is 160 Å². The highest BCUT2D eigenvalue weighted by atomic mass is 16.5. The van der Waals surface area contributed by atoms with Crippen LogP contribution in [0.15, 0.2) is 36.4 Å². The topological polar surface area (TPSA) is 79.4 Å². The van der Waals surface area contributed by atoms with Crippen molar-refractivity contribution < 1.29 is 9.53 Å². The van der Waals surface area contributed by atoms with Crippen molar-refractivity contribution in [2.45, 2.75) is 13.3 Å². The lowest BCUT2D eigenvalue weighted by molar-refractivity contribution is 0.0398. The van der Waals surface area contributed by atoms with E-state index in [2.05, 4.69) is 37.6 Å². The summed E-state index contributed by atoms with van der Waals surface area (Å²) in [5, 5.41) is 6.23. The molecular formula is C20H27N5O2. The van der Waals surface area contributed by atoms with Gasteiger partial charge in [0.2, 0.25) is 0 Å². The molecular weight excluding hydrogens is 342 g/mol. The number of ether oxygens (including phenoxy) is 1. The van der Waals surface area contributed by atoms with Gasteiger partial charge >= 0.3 is 0 Å². The molecule has 27 heavy (non-hydrogen) atoms. The van der Waals surface area contributed by atoms with Crippen LogP contribution in [0.5, 0.6) is 0 Å². The Hall–Kier alpha value is -2.51. The summed E-state index contributed by atoms with van der Waals surface area (Å²) < 4.78 is 5.36. The second-order valence-corrected chi connectivity index (χ2v) is 6.56. The van der Waals surface area contributed by atoms with E-state index in [1.165, 1.54) is 5.56 Å². The van der Waals surface area contributed by atoms with Gasteiger partial charge in [-0.1, -0.05) is 30.3 Å². The van der Waals surface area contributed by atoms with Crippen LogP contribution >= 0.6 is 0 Å². The van der Waals surface area contributed by atoms with Crippen LogP contribution in [0, 0.1) is 6.92 Å². The highest BCUT2D eigenvalue weighted by Crippen LogP contribution is 2.07. The molecule has 1 aromatic heterocycles. The lowest BCUT2D eigenvalue weighted by Crippen LogP contribution is -2.39. The molecule has 144 valence electrons. The summed E-state index contributed by atoms with van der Waals surface area (Å²) in [5.41, 5.74) is 1.59. The van der Waals surface area contributed by atoms with Crippen molar-refractivity contribution >= 4 is 11.7 Å². The monoisotopic (exact) mass is 369 g/mol. The number of nitrogens with one attached hydrogen (secondary N) is 2. The summed E-state index contributed by atoms with van der Waals surface area (Å²) in [5.74, 6) is 1.09. The zero-order valence-corrected chi connectivity index (χ0v) is 15.8. The first-order valence-electron chi connectivity index (χ1n) is 9.42. The summed E-state index contributed by atoms with van der Waals surface area (Å²) in [6.07, 6.45) is 0.793. The molecule has 2 aromatic rings. The van der Waals surface area contributed by atoms with E-state index in [-0.39, 0.29) is 5.91 Å². The van der Waals surface area contributed by atoms with E-state index in [1.807, 2.05) is 18.2 Å². The zero-order valence-electron chi connectivity index (χ0n) is 15.8. The Morgan fingerprint density at radius 3 is 2.70 bits per heavy atom. The molecule has 1 aromatic carbocycles. The zero-order chi connectivity index (χ0) is 18.9. The maximum absolute atomic E-state index is 12.4. The van der Waals surface area contributed by atoms with Crippen LogP contribution in [-0.2, 0) is 11.2 Å². The van der Waals surface area contributed by atoms with E-state index < -0.39 is 0 Å². The number of nitrogens with zero attached hydrogens (tertiary/aromatic N) is 3. The van der Waals surface area contributed by atoms with Crippen molar-refractivity contribution in [1.29, 1.82) is 0 Å². The fraction of sp³-hybridized carbons (Fsp3) is 0.450. The van der Waals surface area contributed by atoms with E-state index in [4.69, 9.17) is 4.74 Å². The molecule has 2 heterocycles. The van der Waals surface area contributed by atoms with E-state index >= 15 is 0 Å². The van der Waals surface area contributed by atoms with Gasteiger partial charge in [0, 0.05) is 38.8 Å². The van der Waals surface area contributed by atoms with Crippen LogP contribution < -0.4 is 10.6 Å². The van der Waals surface area contributed by atoms with Crippen LogP contribution in [0.2, 0.25) is 0 Å². The number of aromatic nitrogens is 2. The number of morpholine rings is 1. The van der Waals surface area contributed by atoms with Crippen LogP contribution in [-0.4, -0.2) is 66.7 Å². The summed E-state index contributed by atoms with van der Waals surface area (Å²) in [6.45, 7) is 7.56. The number of carbonyl (C=O) groups is 1. The fourth-order valence-corrected chi connectivity index (χ4v) is 3.00. The van der Waals surface area contributed by atoms with Gasteiger partial charge in [0.1, 0.15) is 17.3 Å². The third kappa shape index (κ3) is 6.30. The average molecular weight is 369 g/mol. The Kier molecular flexibility index (Phi) is 7.12. The molecule has 1 aliphatic heterocycles. The first-order chi connectivity index (χ1) is 13.2. The smallest absolute Gasteiger partial charge is 0.270 e. The number of rotatable bonds is 8. The van der Waals surface area contributed by atoms with Crippen molar-refractivity contribution in [3.8, 4) is 0 Å². The highest BCUT2D eigenvalue weighted by Gasteiger charge is 2.12. The number of anilines is 1. The number of hydrogen-bond donors (Lipinski definition) is 2. The van der Waals surface area contributed by atoms with Crippen molar-refractivity contribution in [2.24, 2.45) is 0 Å². The highest BCUT2D eigenvalue weighted by molar-refractivity contribution is 5.92. The molecule has 1 saturated heterocycles. The summed E-state index contributed by atoms with van der Waals surface area (Å²) in [6, 6.07) is 11.8. The molecule has 7 heteroatoms. The minimum Gasteiger partial charge on any atom is -0.379 e. The van der Waals surface area contributed by atoms with Gasteiger partial charge in [-0.2, -0.15) is 0 Å². The molecule has 0 bridgehead atoms. The second-order valence-electron chi connectivity index (χ2n) is 6.56. The molecule has 2 N–H and O–H groups in total. The average Bonchev–Trinajstić information content (AvgIpc) is 2.69.